The molecule has 1 saturated carbocycles. The SMILES string of the molecule is COc1cccc([C@@H]2CC[C@@H]3CCCCC[C@@H]3N2C)c1. The Balaban J connectivity index is 1.80. The van der Waals surface area contributed by atoms with Crippen LogP contribution in [-0.2, 0) is 0 Å². The quantitative estimate of drug-likeness (QED) is 0.791. The van der Waals surface area contributed by atoms with Crippen LogP contribution in [0.3, 0.4) is 0 Å². The van der Waals surface area contributed by atoms with Crippen LogP contribution in [0.5, 0.6) is 5.75 Å². The highest BCUT2D eigenvalue weighted by molar-refractivity contribution is 5.31. The van der Waals surface area contributed by atoms with Gasteiger partial charge in [-0.3, -0.25) is 4.90 Å². The highest BCUT2D eigenvalue weighted by atomic mass is 16.5. The maximum atomic E-state index is 5.39. The van der Waals surface area contributed by atoms with Crippen molar-refractivity contribution in [3.05, 3.63) is 29.8 Å². The molecule has 0 N–H and O–H groups in total. The molecular weight excluding hydrogens is 246 g/mol. The lowest BCUT2D eigenvalue weighted by molar-refractivity contribution is 0.0588. The van der Waals surface area contributed by atoms with Crippen molar-refractivity contribution in [3.63, 3.8) is 0 Å². The summed E-state index contributed by atoms with van der Waals surface area (Å²) in [5, 5.41) is 0. The van der Waals surface area contributed by atoms with Crippen molar-refractivity contribution in [1.82, 2.24) is 4.90 Å². The Morgan fingerprint density at radius 1 is 1.05 bits per heavy atom. The van der Waals surface area contributed by atoms with Crippen molar-refractivity contribution >= 4 is 0 Å². The van der Waals surface area contributed by atoms with Crippen molar-refractivity contribution < 1.29 is 4.74 Å². The van der Waals surface area contributed by atoms with Crippen LogP contribution in [0.25, 0.3) is 0 Å². The van der Waals surface area contributed by atoms with Crippen molar-refractivity contribution in [3.8, 4) is 5.75 Å². The first-order chi connectivity index (χ1) is 9.79. The second-order valence-electron chi connectivity index (χ2n) is 6.50. The van der Waals surface area contributed by atoms with Crippen molar-refractivity contribution in [2.24, 2.45) is 5.92 Å². The average molecular weight is 273 g/mol. The Hall–Kier alpha value is -1.02. The summed E-state index contributed by atoms with van der Waals surface area (Å²) in [4.78, 5) is 2.66. The van der Waals surface area contributed by atoms with E-state index in [1.54, 1.807) is 7.11 Å². The first-order valence-corrected chi connectivity index (χ1v) is 8.15. The molecule has 3 atom stereocenters. The first-order valence-electron chi connectivity index (χ1n) is 8.15. The van der Waals surface area contributed by atoms with Crippen LogP contribution in [-0.4, -0.2) is 25.1 Å². The Morgan fingerprint density at radius 2 is 1.90 bits per heavy atom. The lowest BCUT2D eigenvalue weighted by Gasteiger charge is -2.44. The van der Waals surface area contributed by atoms with Gasteiger partial charge in [-0.1, -0.05) is 31.4 Å². The molecule has 110 valence electrons. The zero-order valence-electron chi connectivity index (χ0n) is 12.8. The summed E-state index contributed by atoms with van der Waals surface area (Å²) in [6.07, 6.45) is 9.82. The Bertz CT molecular complexity index is 445. The van der Waals surface area contributed by atoms with Gasteiger partial charge in [-0.2, -0.15) is 0 Å². The van der Waals surface area contributed by atoms with E-state index < -0.39 is 0 Å². The van der Waals surface area contributed by atoms with E-state index in [0.29, 0.717) is 6.04 Å². The van der Waals surface area contributed by atoms with Crippen LogP contribution < -0.4 is 4.74 Å². The summed E-state index contributed by atoms with van der Waals surface area (Å²) in [5.41, 5.74) is 1.43. The molecule has 3 rings (SSSR count). The standard InChI is InChI=1S/C18H27NO/c1-19-17-10-5-3-4-7-14(17)11-12-18(19)15-8-6-9-16(13-15)20-2/h6,8-9,13-14,17-18H,3-5,7,10-12H2,1-2H3/t14-,17-,18-/m0/s1. The molecule has 1 heterocycles. The lowest BCUT2D eigenvalue weighted by atomic mass is 9.81. The summed E-state index contributed by atoms with van der Waals surface area (Å²) >= 11 is 0. The second kappa shape index (κ2) is 6.17. The average Bonchev–Trinajstić information content (AvgIpc) is 2.73. The van der Waals surface area contributed by atoms with Crippen LogP contribution in [0, 0.1) is 5.92 Å². The van der Waals surface area contributed by atoms with Crippen LogP contribution in [0.15, 0.2) is 24.3 Å². The molecular formula is C18H27NO. The van der Waals surface area contributed by atoms with Crippen molar-refractivity contribution in [2.75, 3.05) is 14.2 Å². The van der Waals surface area contributed by atoms with E-state index >= 15 is 0 Å². The molecule has 0 radical (unpaired) electrons. The van der Waals surface area contributed by atoms with Crippen molar-refractivity contribution in [2.45, 2.75) is 57.0 Å². The Labute approximate surface area is 123 Å². The molecule has 0 amide bonds. The minimum atomic E-state index is 0.574. The van der Waals surface area contributed by atoms with Crippen LogP contribution in [0.2, 0.25) is 0 Å². The predicted molar refractivity (Wildman–Crippen MR) is 83.1 cm³/mol. The molecule has 1 aliphatic carbocycles. The number of benzene rings is 1. The number of piperidine rings is 1. The van der Waals surface area contributed by atoms with E-state index in [-0.39, 0.29) is 0 Å². The molecule has 1 saturated heterocycles. The van der Waals surface area contributed by atoms with Gasteiger partial charge in [0.15, 0.2) is 0 Å². The fourth-order valence-corrected chi connectivity index (χ4v) is 4.30. The normalized spacial score (nSPS) is 31.4. The zero-order valence-corrected chi connectivity index (χ0v) is 12.8. The van der Waals surface area contributed by atoms with Gasteiger partial charge in [-0.15, -0.1) is 0 Å². The monoisotopic (exact) mass is 273 g/mol. The molecule has 0 bridgehead atoms. The number of nitrogens with zero attached hydrogens (tertiary/aromatic N) is 1. The van der Waals surface area contributed by atoms with E-state index in [9.17, 15) is 0 Å². The minimum absolute atomic E-state index is 0.574. The van der Waals surface area contributed by atoms with Gasteiger partial charge in [0.2, 0.25) is 0 Å². The van der Waals surface area contributed by atoms with Gasteiger partial charge in [-0.25, -0.2) is 0 Å². The Morgan fingerprint density at radius 3 is 2.75 bits per heavy atom. The molecule has 1 aromatic rings. The van der Waals surface area contributed by atoms with Gasteiger partial charge < -0.3 is 4.74 Å². The van der Waals surface area contributed by atoms with Gasteiger partial charge in [0.25, 0.3) is 0 Å². The maximum Gasteiger partial charge on any atom is 0.119 e. The fourth-order valence-electron chi connectivity index (χ4n) is 4.30. The smallest absolute Gasteiger partial charge is 0.119 e. The topological polar surface area (TPSA) is 12.5 Å². The van der Waals surface area contributed by atoms with Gasteiger partial charge >= 0.3 is 0 Å². The molecule has 2 heteroatoms. The summed E-state index contributed by atoms with van der Waals surface area (Å²) in [6, 6.07) is 10.0. The van der Waals surface area contributed by atoms with E-state index in [1.165, 1.54) is 50.5 Å². The van der Waals surface area contributed by atoms with Gasteiger partial charge in [-0.05, 0) is 56.3 Å². The van der Waals surface area contributed by atoms with E-state index in [0.717, 1.165) is 17.7 Å². The largest absolute Gasteiger partial charge is 0.497 e. The molecule has 2 nitrogen and oxygen atoms in total. The van der Waals surface area contributed by atoms with Crippen molar-refractivity contribution in [1.29, 1.82) is 0 Å². The maximum absolute atomic E-state index is 5.39. The molecule has 0 spiro atoms. The molecule has 20 heavy (non-hydrogen) atoms. The lowest BCUT2D eigenvalue weighted by Crippen LogP contribution is -2.44. The number of hydrogen-bond acceptors (Lipinski definition) is 2. The first kappa shape index (κ1) is 13.9. The second-order valence-corrected chi connectivity index (χ2v) is 6.50. The Kier molecular flexibility index (Phi) is 4.30. The number of hydrogen-bond donors (Lipinski definition) is 0. The molecule has 2 aliphatic rings. The third-order valence-electron chi connectivity index (χ3n) is 5.42. The highest BCUT2D eigenvalue weighted by Gasteiger charge is 2.35. The molecule has 1 aromatic carbocycles. The van der Waals surface area contributed by atoms with Crippen LogP contribution >= 0.6 is 0 Å². The van der Waals surface area contributed by atoms with E-state index in [1.807, 2.05) is 6.07 Å². The molecule has 0 aromatic heterocycles. The summed E-state index contributed by atoms with van der Waals surface area (Å²) < 4.78 is 5.39. The molecule has 2 fully saturated rings. The summed E-state index contributed by atoms with van der Waals surface area (Å²) in [7, 11) is 4.09. The van der Waals surface area contributed by atoms with Crippen LogP contribution in [0.4, 0.5) is 0 Å². The number of methoxy groups -OCH3 is 1. The minimum Gasteiger partial charge on any atom is -0.497 e. The highest BCUT2D eigenvalue weighted by Crippen LogP contribution is 2.41. The molecule has 1 aliphatic heterocycles. The zero-order chi connectivity index (χ0) is 13.9. The third-order valence-corrected chi connectivity index (χ3v) is 5.42. The number of ether oxygens (including phenoxy) is 1. The third kappa shape index (κ3) is 2.71. The van der Waals surface area contributed by atoms with E-state index in [2.05, 4.69) is 30.1 Å². The van der Waals surface area contributed by atoms with Crippen LogP contribution in [0.1, 0.15) is 56.6 Å². The molecule has 0 unspecified atom stereocenters. The number of fused-ring (bicyclic) bond motifs is 1. The summed E-state index contributed by atoms with van der Waals surface area (Å²) in [6.45, 7) is 0. The summed E-state index contributed by atoms with van der Waals surface area (Å²) in [5.74, 6) is 1.92. The van der Waals surface area contributed by atoms with E-state index in [4.69, 9.17) is 4.74 Å². The van der Waals surface area contributed by atoms with Gasteiger partial charge in [0.1, 0.15) is 5.75 Å². The number of likely N-dealkylation sites (tertiary alicyclic amines) is 1. The van der Waals surface area contributed by atoms with Gasteiger partial charge in [0, 0.05) is 12.1 Å². The number of rotatable bonds is 2. The fraction of sp³-hybridized carbons (Fsp3) is 0.667. The van der Waals surface area contributed by atoms with Gasteiger partial charge in [0.05, 0.1) is 7.11 Å². The predicted octanol–water partition coefficient (Wildman–Crippen LogP) is 4.41.